The summed E-state index contributed by atoms with van der Waals surface area (Å²) in [6.07, 6.45) is 0.742. The van der Waals surface area contributed by atoms with Gasteiger partial charge in [0, 0.05) is 23.9 Å². The first-order chi connectivity index (χ1) is 14.4. The first-order valence-electron chi connectivity index (χ1n) is 10.2. The van der Waals surface area contributed by atoms with E-state index in [1.54, 1.807) is 18.8 Å². The summed E-state index contributed by atoms with van der Waals surface area (Å²) in [5.74, 6) is 2.24. The van der Waals surface area contributed by atoms with E-state index in [4.69, 9.17) is 9.47 Å². The van der Waals surface area contributed by atoms with Gasteiger partial charge in [0.2, 0.25) is 0 Å². The van der Waals surface area contributed by atoms with Crippen LogP contribution < -0.4 is 20.5 Å². The number of para-hydroxylation sites is 1. The van der Waals surface area contributed by atoms with Crippen molar-refractivity contribution in [3.05, 3.63) is 63.6 Å². The highest BCUT2D eigenvalue weighted by Gasteiger charge is 2.22. The summed E-state index contributed by atoms with van der Waals surface area (Å²) >= 11 is 0. The summed E-state index contributed by atoms with van der Waals surface area (Å²) in [6, 6.07) is 12.1. The monoisotopic (exact) mass is 405 g/mol. The molecule has 0 spiro atoms. The number of hydrogen-bond acceptors (Lipinski definition) is 5. The molecule has 0 unspecified atom stereocenters. The number of benzene rings is 2. The number of rotatable bonds is 5. The molecule has 0 bridgehead atoms. The highest BCUT2D eigenvalue weighted by atomic mass is 16.5. The van der Waals surface area contributed by atoms with Gasteiger partial charge in [-0.15, -0.1) is 0 Å². The number of anilines is 2. The molecule has 6 heteroatoms. The van der Waals surface area contributed by atoms with Crippen molar-refractivity contribution in [2.75, 3.05) is 19.5 Å². The van der Waals surface area contributed by atoms with E-state index in [9.17, 15) is 4.79 Å². The van der Waals surface area contributed by atoms with E-state index in [2.05, 4.69) is 49.3 Å². The van der Waals surface area contributed by atoms with Crippen molar-refractivity contribution in [3.8, 4) is 22.8 Å². The molecule has 0 saturated heterocycles. The Balaban J connectivity index is 1.84. The second-order valence-corrected chi connectivity index (χ2v) is 7.89. The fourth-order valence-electron chi connectivity index (χ4n) is 4.08. The van der Waals surface area contributed by atoms with E-state index in [1.165, 1.54) is 5.56 Å². The number of nitrogens with zero attached hydrogens (tertiary/aromatic N) is 2. The molecule has 2 heterocycles. The molecule has 2 aromatic carbocycles. The van der Waals surface area contributed by atoms with Crippen LogP contribution in [0.2, 0.25) is 0 Å². The van der Waals surface area contributed by atoms with Gasteiger partial charge in [0.05, 0.1) is 19.9 Å². The quantitative estimate of drug-likeness (QED) is 0.669. The van der Waals surface area contributed by atoms with Crippen molar-refractivity contribution in [1.29, 1.82) is 0 Å². The maximum Gasteiger partial charge on any atom is 0.350 e. The molecule has 4 rings (SSSR count). The van der Waals surface area contributed by atoms with Crippen LogP contribution >= 0.6 is 0 Å². The Morgan fingerprint density at radius 1 is 1.10 bits per heavy atom. The van der Waals surface area contributed by atoms with Crippen LogP contribution in [0.4, 0.5) is 11.5 Å². The van der Waals surface area contributed by atoms with Gasteiger partial charge in [-0.3, -0.25) is 4.57 Å². The Morgan fingerprint density at radius 3 is 2.53 bits per heavy atom. The average molecular weight is 405 g/mol. The molecular weight excluding hydrogens is 378 g/mol. The van der Waals surface area contributed by atoms with E-state index < -0.39 is 0 Å². The Morgan fingerprint density at radius 2 is 1.83 bits per heavy atom. The Kier molecular flexibility index (Phi) is 5.24. The summed E-state index contributed by atoms with van der Waals surface area (Å²) in [4.78, 5) is 17.1. The molecule has 1 aromatic heterocycles. The lowest BCUT2D eigenvalue weighted by Crippen LogP contribution is -2.29. The normalized spacial score (nSPS) is 12.3. The first kappa shape index (κ1) is 20.0. The highest BCUT2D eigenvalue weighted by molar-refractivity contribution is 5.74. The third-order valence-electron chi connectivity index (χ3n) is 5.68. The molecule has 0 fully saturated rings. The van der Waals surface area contributed by atoms with Gasteiger partial charge in [-0.05, 0) is 48.1 Å². The van der Waals surface area contributed by atoms with Crippen LogP contribution in [0.25, 0.3) is 11.3 Å². The number of fused-ring (bicyclic) bond motifs is 3. The number of methoxy groups -OCH3 is 2. The second-order valence-electron chi connectivity index (χ2n) is 7.89. The lowest BCUT2D eigenvalue weighted by molar-refractivity contribution is 0.354. The summed E-state index contributed by atoms with van der Waals surface area (Å²) in [5, 5.41) is 3.41. The van der Waals surface area contributed by atoms with Crippen molar-refractivity contribution < 1.29 is 9.47 Å². The predicted molar refractivity (Wildman–Crippen MR) is 119 cm³/mol. The average Bonchev–Trinajstić information content (AvgIpc) is 2.73. The Labute approximate surface area is 176 Å². The van der Waals surface area contributed by atoms with E-state index in [0.717, 1.165) is 34.5 Å². The first-order valence-corrected chi connectivity index (χ1v) is 10.2. The topological polar surface area (TPSA) is 65.4 Å². The van der Waals surface area contributed by atoms with Gasteiger partial charge in [0.15, 0.2) is 11.5 Å². The van der Waals surface area contributed by atoms with Crippen molar-refractivity contribution in [3.63, 3.8) is 0 Å². The third-order valence-corrected chi connectivity index (χ3v) is 5.68. The van der Waals surface area contributed by atoms with Gasteiger partial charge in [0.1, 0.15) is 5.82 Å². The molecule has 30 heavy (non-hydrogen) atoms. The molecule has 0 atom stereocenters. The van der Waals surface area contributed by atoms with E-state index in [-0.39, 0.29) is 5.69 Å². The van der Waals surface area contributed by atoms with Crippen LogP contribution in [-0.2, 0) is 13.0 Å². The summed E-state index contributed by atoms with van der Waals surface area (Å²) in [6.45, 7) is 6.97. The molecular formula is C24H27N3O3. The van der Waals surface area contributed by atoms with Gasteiger partial charge >= 0.3 is 5.69 Å². The number of nitrogens with one attached hydrogen (secondary N) is 1. The van der Waals surface area contributed by atoms with Crippen LogP contribution in [0.1, 0.15) is 36.5 Å². The molecule has 6 nitrogen and oxygen atoms in total. The van der Waals surface area contributed by atoms with Crippen LogP contribution in [-0.4, -0.2) is 23.8 Å². The number of aromatic nitrogens is 2. The zero-order valence-electron chi connectivity index (χ0n) is 18.1. The van der Waals surface area contributed by atoms with E-state index >= 15 is 0 Å². The predicted octanol–water partition coefficient (Wildman–Crippen LogP) is 4.66. The van der Waals surface area contributed by atoms with Crippen molar-refractivity contribution >= 4 is 11.5 Å². The minimum Gasteiger partial charge on any atom is -0.493 e. The smallest absolute Gasteiger partial charge is 0.350 e. The summed E-state index contributed by atoms with van der Waals surface area (Å²) < 4.78 is 12.7. The van der Waals surface area contributed by atoms with Crippen LogP contribution in [0, 0.1) is 6.92 Å². The van der Waals surface area contributed by atoms with Gasteiger partial charge in [-0.1, -0.05) is 32.0 Å². The molecule has 1 aliphatic rings. The van der Waals surface area contributed by atoms with Gasteiger partial charge in [-0.2, -0.15) is 4.98 Å². The lowest BCUT2D eigenvalue weighted by Gasteiger charge is -2.24. The zero-order valence-corrected chi connectivity index (χ0v) is 18.1. The standard InChI is InChI=1S/C24H27N3O3/c1-14(2)17-8-6-7-15(3)23(17)25-22-13-19-18-12-21(30-5)20(29-4)11-16(18)9-10-27(19)24(28)26-22/h6-8,11-14H,9-10H2,1-5H3,(H,25,26,28). The lowest BCUT2D eigenvalue weighted by atomic mass is 9.96. The SMILES string of the molecule is COc1cc2c(cc1OC)-c1cc(Nc3c(C)cccc3C(C)C)nc(=O)n1CC2. The van der Waals surface area contributed by atoms with E-state index in [0.29, 0.717) is 29.8 Å². The Hall–Kier alpha value is -3.28. The molecule has 1 aliphatic heterocycles. The van der Waals surface area contributed by atoms with Crippen molar-refractivity contribution in [2.24, 2.45) is 0 Å². The molecule has 0 amide bonds. The highest BCUT2D eigenvalue weighted by Crippen LogP contribution is 2.38. The minimum atomic E-state index is -0.255. The van der Waals surface area contributed by atoms with Crippen LogP contribution in [0.5, 0.6) is 11.5 Å². The van der Waals surface area contributed by atoms with Gasteiger partial charge in [-0.25, -0.2) is 4.79 Å². The number of aryl methyl sites for hydroxylation is 2. The second kappa shape index (κ2) is 7.86. The van der Waals surface area contributed by atoms with Crippen LogP contribution in [0.15, 0.2) is 41.2 Å². The van der Waals surface area contributed by atoms with E-state index in [1.807, 2.05) is 18.2 Å². The molecule has 0 radical (unpaired) electrons. The van der Waals surface area contributed by atoms with Crippen LogP contribution in [0.3, 0.4) is 0 Å². The van der Waals surface area contributed by atoms with Crippen molar-refractivity contribution in [1.82, 2.24) is 9.55 Å². The third kappa shape index (κ3) is 3.43. The van der Waals surface area contributed by atoms with Gasteiger partial charge in [0.25, 0.3) is 0 Å². The molecule has 0 aliphatic carbocycles. The summed E-state index contributed by atoms with van der Waals surface area (Å²) in [7, 11) is 3.25. The fraction of sp³-hybridized carbons (Fsp3) is 0.333. The molecule has 3 aromatic rings. The largest absolute Gasteiger partial charge is 0.493 e. The van der Waals surface area contributed by atoms with Crippen molar-refractivity contribution in [2.45, 2.75) is 39.7 Å². The van der Waals surface area contributed by atoms with Gasteiger partial charge < -0.3 is 14.8 Å². The molecule has 0 saturated carbocycles. The maximum atomic E-state index is 12.8. The number of ether oxygens (including phenoxy) is 2. The minimum absolute atomic E-state index is 0.255. The molecule has 1 N–H and O–H groups in total. The maximum absolute atomic E-state index is 12.8. The number of hydrogen-bond donors (Lipinski definition) is 1. The zero-order chi connectivity index (χ0) is 21.4. The fourth-order valence-corrected chi connectivity index (χ4v) is 4.08. The molecule has 156 valence electrons. The summed E-state index contributed by atoms with van der Waals surface area (Å²) in [5.41, 5.74) is 5.99. The Bertz CT molecular complexity index is 1170.